The van der Waals surface area contributed by atoms with Crippen LogP contribution in [-0.4, -0.2) is 41.5 Å². The summed E-state index contributed by atoms with van der Waals surface area (Å²) in [4.78, 5) is 12.4. The average molecular weight is 371 g/mol. The molecule has 1 aromatic carbocycles. The van der Waals surface area contributed by atoms with Crippen molar-refractivity contribution in [1.82, 2.24) is 14.1 Å². The van der Waals surface area contributed by atoms with Gasteiger partial charge >= 0.3 is 0 Å². The summed E-state index contributed by atoms with van der Waals surface area (Å²) in [6.45, 7) is 6.70. The molecule has 0 bridgehead atoms. The lowest BCUT2D eigenvalue weighted by atomic mass is 10.2. The van der Waals surface area contributed by atoms with Crippen LogP contribution in [-0.2, 0) is 10.0 Å². The predicted octanol–water partition coefficient (Wildman–Crippen LogP) is 2.50. The van der Waals surface area contributed by atoms with Gasteiger partial charge in [0.05, 0.1) is 11.4 Å². The van der Waals surface area contributed by atoms with Crippen molar-refractivity contribution in [2.24, 2.45) is 0 Å². The molecule has 2 aromatic rings. The lowest BCUT2D eigenvalue weighted by Gasteiger charge is -2.18. The SMILES string of the molecule is CCN(CC)S(=O)(=O)c1c(C)nn(C(=O)c2c(F)cccc2F)c1C. The summed E-state index contributed by atoms with van der Waals surface area (Å²) >= 11 is 0. The van der Waals surface area contributed by atoms with Gasteiger partial charge in [-0.3, -0.25) is 4.79 Å². The lowest BCUT2D eigenvalue weighted by Crippen LogP contribution is -2.31. The molecule has 0 saturated heterocycles. The molecule has 9 heteroatoms. The van der Waals surface area contributed by atoms with Crippen LogP contribution >= 0.6 is 0 Å². The number of hydrogen-bond acceptors (Lipinski definition) is 4. The van der Waals surface area contributed by atoms with E-state index >= 15 is 0 Å². The first-order chi connectivity index (χ1) is 11.7. The summed E-state index contributed by atoms with van der Waals surface area (Å²) in [5.74, 6) is -3.13. The van der Waals surface area contributed by atoms with Crippen LogP contribution in [0, 0.1) is 25.5 Å². The Morgan fingerprint density at radius 1 is 1.16 bits per heavy atom. The van der Waals surface area contributed by atoms with Crippen molar-refractivity contribution in [3.8, 4) is 0 Å². The number of halogens is 2. The zero-order valence-corrected chi connectivity index (χ0v) is 15.2. The second kappa shape index (κ2) is 7.01. The Kier molecular flexibility index (Phi) is 5.38. The van der Waals surface area contributed by atoms with Crippen LogP contribution in [0.15, 0.2) is 23.1 Å². The van der Waals surface area contributed by atoms with E-state index in [4.69, 9.17) is 0 Å². The third-order valence-electron chi connectivity index (χ3n) is 3.90. The Labute approximate surface area is 145 Å². The van der Waals surface area contributed by atoms with Crippen molar-refractivity contribution in [3.63, 3.8) is 0 Å². The minimum atomic E-state index is -3.87. The average Bonchev–Trinajstić information content (AvgIpc) is 2.83. The number of aromatic nitrogens is 2. The topological polar surface area (TPSA) is 72.3 Å². The summed E-state index contributed by atoms with van der Waals surface area (Å²) < 4.78 is 55.2. The van der Waals surface area contributed by atoms with Gasteiger partial charge in [-0.15, -0.1) is 0 Å². The van der Waals surface area contributed by atoms with Gasteiger partial charge in [-0.2, -0.15) is 14.1 Å². The molecule has 0 aliphatic heterocycles. The highest BCUT2D eigenvalue weighted by Crippen LogP contribution is 2.25. The van der Waals surface area contributed by atoms with E-state index in [0.29, 0.717) is 0 Å². The van der Waals surface area contributed by atoms with Gasteiger partial charge < -0.3 is 0 Å². The normalized spacial score (nSPS) is 12.0. The first-order valence-electron chi connectivity index (χ1n) is 7.71. The molecule has 0 radical (unpaired) electrons. The highest BCUT2D eigenvalue weighted by Gasteiger charge is 2.32. The van der Waals surface area contributed by atoms with Gasteiger partial charge in [0.1, 0.15) is 22.1 Å². The van der Waals surface area contributed by atoms with Crippen molar-refractivity contribution >= 4 is 15.9 Å². The van der Waals surface area contributed by atoms with Crippen molar-refractivity contribution in [2.75, 3.05) is 13.1 Å². The fourth-order valence-corrected chi connectivity index (χ4v) is 4.51. The quantitative estimate of drug-likeness (QED) is 0.810. The van der Waals surface area contributed by atoms with Crippen LogP contribution in [0.5, 0.6) is 0 Å². The van der Waals surface area contributed by atoms with Crippen LogP contribution < -0.4 is 0 Å². The van der Waals surface area contributed by atoms with Crippen LogP contribution in [0.3, 0.4) is 0 Å². The van der Waals surface area contributed by atoms with E-state index in [1.54, 1.807) is 13.8 Å². The third-order valence-corrected chi connectivity index (χ3v) is 6.20. The smallest absolute Gasteiger partial charge is 0.266 e. The number of rotatable bonds is 5. The zero-order chi connectivity index (χ0) is 18.9. The first kappa shape index (κ1) is 19.2. The van der Waals surface area contributed by atoms with Crippen molar-refractivity contribution in [2.45, 2.75) is 32.6 Å². The van der Waals surface area contributed by atoms with Gasteiger partial charge in [-0.05, 0) is 26.0 Å². The molecule has 0 spiro atoms. The molecule has 0 aliphatic carbocycles. The Morgan fingerprint density at radius 3 is 2.16 bits per heavy atom. The van der Waals surface area contributed by atoms with E-state index in [0.717, 1.165) is 22.9 Å². The van der Waals surface area contributed by atoms with Crippen molar-refractivity contribution < 1.29 is 22.0 Å². The van der Waals surface area contributed by atoms with Gasteiger partial charge in [-0.1, -0.05) is 19.9 Å². The van der Waals surface area contributed by atoms with E-state index in [9.17, 15) is 22.0 Å². The van der Waals surface area contributed by atoms with Crippen LogP contribution in [0.1, 0.15) is 35.6 Å². The van der Waals surface area contributed by atoms with E-state index in [1.165, 1.54) is 18.2 Å². The maximum absolute atomic E-state index is 13.9. The maximum atomic E-state index is 13.9. The minimum absolute atomic E-state index is 0.0112. The molecular formula is C16H19F2N3O3S. The number of sulfonamides is 1. The molecular weight excluding hydrogens is 352 g/mol. The number of nitrogens with zero attached hydrogens (tertiary/aromatic N) is 3. The van der Waals surface area contributed by atoms with Crippen molar-refractivity contribution in [1.29, 1.82) is 0 Å². The molecule has 2 rings (SSSR count). The van der Waals surface area contributed by atoms with Crippen LogP contribution in [0.4, 0.5) is 8.78 Å². The van der Waals surface area contributed by atoms with E-state index in [-0.39, 0.29) is 29.4 Å². The molecule has 1 aromatic heterocycles. The molecule has 6 nitrogen and oxygen atoms in total. The Hall–Kier alpha value is -2.13. The largest absolute Gasteiger partial charge is 0.284 e. The van der Waals surface area contributed by atoms with Gasteiger partial charge in [0, 0.05) is 13.1 Å². The molecule has 0 fully saturated rings. The monoisotopic (exact) mass is 371 g/mol. The molecule has 0 N–H and O–H groups in total. The van der Waals surface area contributed by atoms with Gasteiger partial charge in [0.2, 0.25) is 10.0 Å². The van der Waals surface area contributed by atoms with E-state index < -0.39 is 33.1 Å². The number of carbonyl (C=O) groups excluding carboxylic acids is 1. The lowest BCUT2D eigenvalue weighted by molar-refractivity contribution is 0.0933. The molecule has 0 aliphatic rings. The first-order valence-corrected chi connectivity index (χ1v) is 9.15. The Morgan fingerprint density at radius 2 is 1.68 bits per heavy atom. The number of hydrogen-bond donors (Lipinski definition) is 0. The number of benzene rings is 1. The Bertz CT molecular complexity index is 899. The zero-order valence-electron chi connectivity index (χ0n) is 14.4. The number of carbonyl (C=O) groups is 1. The molecule has 0 saturated carbocycles. The fraction of sp³-hybridized carbons (Fsp3) is 0.375. The summed E-state index contributed by atoms with van der Waals surface area (Å²) in [6.07, 6.45) is 0. The second-order valence-electron chi connectivity index (χ2n) is 5.40. The predicted molar refractivity (Wildman–Crippen MR) is 87.9 cm³/mol. The summed E-state index contributed by atoms with van der Waals surface area (Å²) in [7, 11) is -3.87. The minimum Gasteiger partial charge on any atom is -0.266 e. The molecule has 0 unspecified atom stereocenters. The fourth-order valence-electron chi connectivity index (χ4n) is 2.70. The van der Waals surface area contributed by atoms with Gasteiger partial charge in [-0.25, -0.2) is 17.2 Å². The molecule has 136 valence electrons. The van der Waals surface area contributed by atoms with Gasteiger partial charge in [0.15, 0.2) is 0 Å². The maximum Gasteiger partial charge on any atom is 0.284 e. The summed E-state index contributed by atoms with van der Waals surface area (Å²) in [5.41, 5.74) is -0.675. The van der Waals surface area contributed by atoms with Crippen LogP contribution in [0.25, 0.3) is 0 Å². The highest BCUT2D eigenvalue weighted by molar-refractivity contribution is 7.89. The third kappa shape index (κ3) is 3.21. The summed E-state index contributed by atoms with van der Waals surface area (Å²) in [6, 6.07) is 3.05. The van der Waals surface area contributed by atoms with E-state index in [1.807, 2.05) is 0 Å². The van der Waals surface area contributed by atoms with Gasteiger partial charge in [0.25, 0.3) is 5.91 Å². The van der Waals surface area contributed by atoms with Crippen LogP contribution in [0.2, 0.25) is 0 Å². The molecule has 1 heterocycles. The van der Waals surface area contributed by atoms with Crippen molar-refractivity contribution in [3.05, 3.63) is 46.8 Å². The summed E-state index contributed by atoms with van der Waals surface area (Å²) in [5, 5.41) is 3.91. The number of aryl methyl sites for hydroxylation is 1. The van der Waals surface area contributed by atoms with E-state index in [2.05, 4.69) is 5.10 Å². The standard InChI is InChI=1S/C16H19F2N3O3S/c1-5-20(6-2)25(23,24)15-10(3)19-21(11(15)4)16(22)14-12(17)8-7-9-13(14)18/h7-9H,5-6H2,1-4H3. The molecule has 0 amide bonds. The highest BCUT2D eigenvalue weighted by atomic mass is 32.2. The Balaban J connectivity index is 2.63. The molecule has 25 heavy (non-hydrogen) atoms. The second-order valence-corrected chi connectivity index (χ2v) is 7.28. The molecule has 0 atom stereocenters.